The minimum atomic E-state index is -0.898. The first-order chi connectivity index (χ1) is 16.9. The third-order valence-corrected chi connectivity index (χ3v) is 8.14. The molecule has 3 aromatic rings. The topological polar surface area (TPSA) is 95.8 Å². The minimum absolute atomic E-state index is 0.305. The number of aromatic nitrogens is 2. The van der Waals surface area contributed by atoms with E-state index in [1.54, 1.807) is 25.1 Å². The van der Waals surface area contributed by atoms with Crippen LogP contribution in [0.1, 0.15) is 37.4 Å². The molecule has 1 fully saturated rings. The fourth-order valence-electron chi connectivity index (χ4n) is 4.69. The summed E-state index contributed by atoms with van der Waals surface area (Å²) >= 11 is 8.19. The summed E-state index contributed by atoms with van der Waals surface area (Å²) in [5.41, 5.74) is 0.427. The Morgan fingerprint density at radius 1 is 1.29 bits per heavy atom. The Balaban J connectivity index is 1.38. The zero-order chi connectivity index (χ0) is 24.8. The second-order valence-corrected chi connectivity index (χ2v) is 10.5. The number of hydrogen-bond donors (Lipinski definition) is 2. The van der Waals surface area contributed by atoms with Gasteiger partial charge in [-0.05, 0) is 69.1 Å². The number of benzene rings is 1. The van der Waals surface area contributed by atoms with E-state index in [1.807, 2.05) is 36.5 Å². The summed E-state index contributed by atoms with van der Waals surface area (Å²) in [4.78, 5) is 24.3. The molecule has 4 rings (SSSR count). The van der Waals surface area contributed by atoms with Gasteiger partial charge in [-0.2, -0.15) is 0 Å². The van der Waals surface area contributed by atoms with E-state index in [0.717, 1.165) is 35.7 Å². The summed E-state index contributed by atoms with van der Waals surface area (Å²) in [6, 6.07) is 9.41. The van der Waals surface area contributed by atoms with Crippen molar-refractivity contribution >= 4 is 40.2 Å². The molecular formula is C26H30ClN3O4S. The van der Waals surface area contributed by atoms with Gasteiger partial charge in [0.2, 0.25) is 0 Å². The second kappa shape index (κ2) is 11.6. The molecule has 0 unspecified atom stereocenters. The van der Waals surface area contributed by atoms with Crippen LogP contribution in [-0.2, 0) is 4.79 Å². The number of aliphatic hydroxyl groups excluding tert-OH is 1. The van der Waals surface area contributed by atoms with E-state index in [4.69, 9.17) is 16.3 Å². The van der Waals surface area contributed by atoms with Crippen LogP contribution >= 0.6 is 23.4 Å². The number of nitrogens with zero attached hydrogens (tertiary/aromatic N) is 3. The number of aliphatic hydroxyl groups is 1. The van der Waals surface area contributed by atoms with Gasteiger partial charge in [-0.25, -0.2) is 0 Å². The molecule has 2 aromatic heterocycles. The van der Waals surface area contributed by atoms with Gasteiger partial charge in [0, 0.05) is 46.7 Å². The van der Waals surface area contributed by atoms with Crippen LogP contribution in [0.4, 0.5) is 0 Å². The molecule has 35 heavy (non-hydrogen) atoms. The fraction of sp³-hybridized carbons (Fsp3) is 0.423. The number of carbonyl (C=O) groups is 1. The van der Waals surface area contributed by atoms with Gasteiger partial charge in [0.05, 0.1) is 29.2 Å². The van der Waals surface area contributed by atoms with Crippen LogP contribution in [0.2, 0.25) is 5.02 Å². The maximum Gasteiger partial charge on any atom is 0.309 e. The maximum atomic E-state index is 12.3. The van der Waals surface area contributed by atoms with E-state index in [2.05, 4.69) is 14.9 Å². The molecule has 0 bridgehead atoms. The lowest BCUT2D eigenvalue weighted by atomic mass is 9.74. The normalized spacial score (nSPS) is 16.8. The Kier molecular flexibility index (Phi) is 8.49. The van der Waals surface area contributed by atoms with E-state index in [0.29, 0.717) is 47.5 Å². The molecule has 1 aliphatic rings. The predicted octanol–water partition coefficient (Wildman–Crippen LogP) is 5.06. The molecule has 0 aliphatic carbocycles. The van der Waals surface area contributed by atoms with Crippen molar-refractivity contribution in [1.82, 2.24) is 14.9 Å². The lowest BCUT2D eigenvalue weighted by Crippen LogP contribution is -2.45. The van der Waals surface area contributed by atoms with Crippen LogP contribution in [0.5, 0.6) is 5.75 Å². The average molecular weight is 516 g/mol. The number of rotatable bonds is 10. The number of piperidine rings is 1. The van der Waals surface area contributed by atoms with E-state index in [-0.39, 0.29) is 0 Å². The lowest BCUT2D eigenvalue weighted by molar-refractivity contribution is -0.153. The van der Waals surface area contributed by atoms with Crippen LogP contribution in [-0.4, -0.2) is 63.5 Å². The standard InChI is InChI=1S/C26H30ClN3O4S/c1-34-18-4-5-22-20(15-18)24(21(27)17-29-22)23(31)6-7-26(25(32)33)8-11-30(12-9-26)13-14-35-19-3-2-10-28-16-19/h2-5,10,15-17,23,31H,6-9,11-14H2,1H3,(H,32,33)/t23-/m1/s1. The average Bonchev–Trinajstić information content (AvgIpc) is 2.88. The van der Waals surface area contributed by atoms with E-state index >= 15 is 0 Å². The monoisotopic (exact) mass is 515 g/mol. The largest absolute Gasteiger partial charge is 0.497 e. The molecule has 3 heterocycles. The summed E-state index contributed by atoms with van der Waals surface area (Å²) in [6.07, 6.45) is 6.06. The molecule has 0 saturated carbocycles. The molecule has 1 atom stereocenters. The number of carboxylic acids is 1. The zero-order valence-electron chi connectivity index (χ0n) is 19.7. The number of halogens is 1. The van der Waals surface area contributed by atoms with Gasteiger partial charge in [0.15, 0.2) is 0 Å². The van der Waals surface area contributed by atoms with Crippen molar-refractivity contribution in [2.24, 2.45) is 5.41 Å². The Morgan fingerprint density at radius 2 is 2.09 bits per heavy atom. The van der Waals surface area contributed by atoms with Crippen molar-refractivity contribution in [2.75, 3.05) is 32.5 Å². The van der Waals surface area contributed by atoms with Crippen LogP contribution in [0.3, 0.4) is 0 Å². The van der Waals surface area contributed by atoms with Crippen molar-refractivity contribution in [2.45, 2.75) is 36.7 Å². The first-order valence-electron chi connectivity index (χ1n) is 11.7. The van der Waals surface area contributed by atoms with Crippen molar-refractivity contribution in [3.8, 4) is 5.75 Å². The van der Waals surface area contributed by atoms with Gasteiger partial charge in [-0.3, -0.25) is 14.8 Å². The first kappa shape index (κ1) is 25.7. The van der Waals surface area contributed by atoms with Gasteiger partial charge in [0.1, 0.15) is 5.75 Å². The highest BCUT2D eigenvalue weighted by molar-refractivity contribution is 7.99. The third-order valence-electron chi connectivity index (χ3n) is 6.88. The zero-order valence-corrected chi connectivity index (χ0v) is 21.3. The molecule has 1 aromatic carbocycles. The highest BCUT2D eigenvalue weighted by Crippen LogP contribution is 2.41. The third kappa shape index (κ3) is 6.06. The van der Waals surface area contributed by atoms with E-state index in [9.17, 15) is 15.0 Å². The number of aliphatic carboxylic acids is 1. The van der Waals surface area contributed by atoms with Crippen molar-refractivity contribution in [3.63, 3.8) is 0 Å². The highest BCUT2D eigenvalue weighted by Gasteiger charge is 2.41. The van der Waals surface area contributed by atoms with Gasteiger partial charge >= 0.3 is 5.97 Å². The van der Waals surface area contributed by atoms with Crippen LogP contribution < -0.4 is 4.74 Å². The number of thioether (sulfide) groups is 1. The molecule has 7 nitrogen and oxygen atoms in total. The van der Waals surface area contributed by atoms with Crippen LogP contribution in [0.25, 0.3) is 10.9 Å². The van der Waals surface area contributed by atoms with Crippen LogP contribution in [0.15, 0.2) is 53.8 Å². The van der Waals surface area contributed by atoms with Gasteiger partial charge in [-0.1, -0.05) is 11.6 Å². The first-order valence-corrected chi connectivity index (χ1v) is 13.1. The molecule has 0 radical (unpaired) electrons. The molecule has 2 N–H and O–H groups in total. The minimum Gasteiger partial charge on any atom is -0.497 e. The Morgan fingerprint density at radius 3 is 2.77 bits per heavy atom. The number of ether oxygens (including phenoxy) is 1. The van der Waals surface area contributed by atoms with E-state index in [1.165, 1.54) is 6.20 Å². The Hall–Kier alpha value is -2.39. The predicted molar refractivity (Wildman–Crippen MR) is 138 cm³/mol. The molecule has 0 amide bonds. The quantitative estimate of drug-likeness (QED) is 0.361. The Labute approximate surface area is 214 Å². The number of carboxylic acid groups (broad SMARTS) is 1. The number of fused-ring (bicyclic) bond motifs is 1. The number of likely N-dealkylation sites (tertiary alicyclic amines) is 1. The van der Waals surface area contributed by atoms with Crippen molar-refractivity contribution in [3.05, 3.63) is 59.5 Å². The summed E-state index contributed by atoms with van der Waals surface area (Å²) in [7, 11) is 1.58. The smallest absolute Gasteiger partial charge is 0.309 e. The fourth-order valence-corrected chi connectivity index (χ4v) is 5.86. The van der Waals surface area contributed by atoms with Crippen LogP contribution in [0, 0.1) is 5.41 Å². The highest BCUT2D eigenvalue weighted by atomic mass is 35.5. The maximum absolute atomic E-state index is 12.3. The molecule has 9 heteroatoms. The summed E-state index contributed by atoms with van der Waals surface area (Å²) in [5, 5.41) is 22.3. The lowest BCUT2D eigenvalue weighted by Gasteiger charge is -2.39. The van der Waals surface area contributed by atoms with Gasteiger partial charge in [-0.15, -0.1) is 11.8 Å². The van der Waals surface area contributed by atoms with E-state index < -0.39 is 17.5 Å². The number of hydrogen-bond acceptors (Lipinski definition) is 7. The molecular weight excluding hydrogens is 486 g/mol. The van der Waals surface area contributed by atoms with Crippen molar-refractivity contribution in [1.29, 1.82) is 0 Å². The SMILES string of the molecule is COc1ccc2ncc(Cl)c([C@H](O)CCC3(C(=O)O)CCN(CCSc4cccnc4)CC3)c2c1. The summed E-state index contributed by atoms with van der Waals surface area (Å²) < 4.78 is 5.32. The second-order valence-electron chi connectivity index (χ2n) is 8.92. The van der Waals surface area contributed by atoms with Gasteiger partial charge < -0.3 is 19.8 Å². The molecule has 186 valence electrons. The van der Waals surface area contributed by atoms with Crippen molar-refractivity contribution < 1.29 is 19.7 Å². The summed E-state index contributed by atoms with van der Waals surface area (Å²) in [6.45, 7) is 2.36. The number of methoxy groups -OCH3 is 1. The Bertz CT molecular complexity index is 1160. The molecule has 1 saturated heterocycles. The molecule has 0 spiro atoms. The molecule has 1 aliphatic heterocycles. The van der Waals surface area contributed by atoms with Gasteiger partial charge in [0.25, 0.3) is 0 Å². The number of pyridine rings is 2. The summed E-state index contributed by atoms with van der Waals surface area (Å²) in [5.74, 6) is 0.786.